The zero-order valence-electron chi connectivity index (χ0n) is 11.6. The van der Waals surface area contributed by atoms with E-state index in [0.29, 0.717) is 24.5 Å². The Balaban J connectivity index is 2.23. The zero-order valence-corrected chi connectivity index (χ0v) is 11.6. The van der Waals surface area contributed by atoms with Gasteiger partial charge in [0.1, 0.15) is 11.6 Å². The number of aromatic nitrogens is 3. The number of hydrogen-bond donors (Lipinski definition) is 0. The highest BCUT2D eigenvalue weighted by Gasteiger charge is 2.27. The Bertz CT molecular complexity index is 554. The van der Waals surface area contributed by atoms with E-state index in [1.807, 2.05) is 19.1 Å². The summed E-state index contributed by atoms with van der Waals surface area (Å²) in [6, 6.07) is 5.43. The first-order valence-electron chi connectivity index (χ1n) is 6.67. The second kappa shape index (κ2) is 6.79. The molecule has 0 aliphatic carbocycles. The quantitative estimate of drug-likeness (QED) is 0.754. The van der Waals surface area contributed by atoms with Crippen LogP contribution in [0.3, 0.4) is 0 Å². The minimum Gasteiger partial charge on any atom is -0.465 e. The van der Waals surface area contributed by atoms with Crippen LogP contribution in [-0.2, 0) is 9.53 Å². The van der Waals surface area contributed by atoms with Crippen LogP contribution in [0.15, 0.2) is 28.9 Å². The Hall–Kier alpha value is -2.24. The van der Waals surface area contributed by atoms with Crippen molar-refractivity contribution >= 4 is 5.97 Å². The van der Waals surface area contributed by atoms with E-state index in [1.54, 1.807) is 19.2 Å². The molecule has 0 N–H and O–H groups in total. The van der Waals surface area contributed by atoms with E-state index < -0.39 is 5.92 Å². The summed E-state index contributed by atoms with van der Waals surface area (Å²) in [5.74, 6) is -0.174. The first-order valence-corrected chi connectivity index (χ1v) is 6.67. The zero-order chi connectivity index (χ0) is 14.4. The molecular formula is C14H17N3O3. The van der Waals surface area contributed by atoms with Crippen molar-refractivity contribution in [2.24, 2.45) is 0 Å². The van der Waals surface area contributed by atoms with Gasteiger partial charge in [-0.3, -0.25) is 9.78 Å². The predicted octanol–water partition coefficient (Wildman–Crippen LogP) is 2.58. The van der Waals surface area contributed by atoms with Crippen LogP contribution >= 0.6 is 0 Å². The molecule has 0 aliphatic rings. The van der Waals surface area contributed by atoms with Crippen LogP contribution in [0.4, 0.5) is 0 Å². The Kier molecular flexibility index (Phi) is 4.81. The van der Waals surface area contributed by atoms with E-state index in [1.165, 1.54) is 0 Å². The van der Waals surface area contributed by atoms with Crippen molar-refractivity contribution in [1.82, 2.24) is 15.1 Å². The highest BCUT2D eigenvalue weighted by atomic mass is 16.5. The molecule has 0 radical (unpaired) electrons. The van der Waals surface area contributed by atoms with Crippen LogP contribution in [0.5, 0.6) is 0 Å². The van der Waals surface area contributed by atoms with Gasteiger partial charge in [0.25, 0.3) is 0 Å². The summed E-state index contributed by atoms with van der Waals surface area (Å²) in [5, 5.41) is 3.88. The van der Waals surface area contributed by atoms with Crippen LogP contribution < -0.4 is 0 Å². The predicted molar refractivity (Wildman–Crippen MR) is 71.8 cm³/mol. The van der Waals surface area contributed by atoms with Crippen molar-refractivity contribution in [3.63, 3.8) is 0 Å². The third kappa shape index (κ3) is 3.20. The molecule has 2 aromatic heterocycles. The Morgan fingerprint density at radius 3 is 2.90 bits per heavy atom. The molecule has 0 aromatic carbocycles. The monoisotopic (exact) mass is 275 g/mol. The fourth-order valence-electron chi connectivity index (χ4n) is 1.85. The van der Waals surface area contributed by atoms with Gasteiger partial charge < -0.3 is 9.26 Å². The van der Waals surface area contributed by atoms with Crippen molar-refractivity contribution in [2.75, 3.05) is 6.61 Å². The number of rotatable bonds is 6. The number of carbonyl (C=O) groups excluding carboxylic acids is 1. The van der Waals surface area contributed by atoms with Gasteiger partial charge >= 0.3 is 5.97 Å². The van der Waals surface area contributed by atoms with E-state index in [-0.39, 0.29) is 11.9 Å². The van der Waals surface area contributed by atoms with Gasteiger partial charge in [0.05, 0.1) is 6.61 Å². The normalized spacial score (nSPS) is 12.1. The molecule has 0 saturated carbocycles. The van der Waals surface area contributed by atoms with E-state index in [4.69, 9.17) is 9.26 Å². The lowest BCUT2D eigenvalue weighted by Gasteiger charge is -2.09. The van der Waals surface area contributed by atoms with Gasteiger partial charge in [0.15, 0.2) is 0 Å². The number of carbonyl (C=O) groups is 1. The van der Waals surface area contributed by atoms with Gasteiger partial charge in [0, 0.05) is 6.20 Å². The van der Waals surface area contributed by atoms with Gasteiger partial charge in [0.2, 0.25) is 11.7 Å². The summed E-state index contributed by atoms with van der Waals surface area (Å²) in [4.78, 5) is 20.3. The molecule has 0 bridgehead atoms. The van der Waals surface area contributed by atoms with Crippen LogP contribution in [0.2, 0.25) is 0 Å². The maximum Gasteiger partial charge on any atom is 0.318 e. The summed E-state index contributed by atoms with van der Waals surface area (Å²) in [6.07, 6.45) is 3.09. The Morgan fingerprint density at radius 1 is 1.40 bits per heavy atom. The molecule has 1 atom stereocenters. The van der Waals surface area contributed by atoms with Crippen LogP contribution in [0.25, 0.3) is 11.5 Å². The summed E-state index contributed by atoms with van der Waals surface area (Å²) in [5.41, 5.74) is 0.613. The van der Waals surface area contributed by atoms with E-state index in [0.717, 1.165) is 6.42 Å². The number of nitrogens with zero attached hydrogens (tertiary/aromatic N) is 3. The smallest absolute Gasteiger partial charge is 0.318 e. The highest BCUT2D eigenvalue weighted by Crippen LogP contribution is 2.23. The minimum atomic E-state index is -0.509. The van der Waals surface area contributed by atoms with Crippen LogP contribution in [0, 0.1) is 0 Å². The molecule has 1 unspecified atom stereocenters. The fraction of sp³-hybridized carbons (Fsp3) is 0.429. The summed E-state index contributed by atoms with van der Waals surface area (Å²) in [7, 11) is 0. The van der Waals surface area contributed by atoms with E-state index >= 15 is 0 Å². The minimum absolute atomic E-state index is 0.283. The van der Waals surface area contributed by atoms with Gasteiger partial charge in [-0.15, -0.1) is 0 Å². The van der Waals surface area contributed by atoms with Crippen molar-refractivity contribution in [3.05, 3.63) is 30.3 Å². The highest BCUT2D eigenvalue weighted by molar-refractivity contribution is 5.76. The molecule has 2 heterocycles. The average Bonchev–Trinajstić information content (AvgIpc) is 2.95. The lowest BCUT2D eigenvalue weighted by molar-refractivity contribution is -0.145. The molecule has 2 rings (SSSR count). The average molecular weight is 275 g/mol. The van der Waals surface area contributed by atoms with Gasteiger partial charge in [-0.25, -0.2) is 0 Å². The largest absolute Gasteiger partial charge is 0.465 e. The molecule has 6 nitrogen and oxygen atoms in total. The summed E-state index contributed by atoms with van der Waals surface area (Å²) < 4.78 is 10.2. The van der Waals surface area contributed by atoms with Gasteiger partial charge in [-0.2, -0.15) is 4.98 Å². The number of hydrogen-bond acceptors (Lipinski definition) is 6. The molecule has 0 spiro atoms. The number of pyridine rings is 1. The summed E-state index contributed by atoms with van der Waals surface area (Å²) >= 11 is 0. The second-order valence-corrected chi connectivity index (χ2v) is 4.26. The van der Waals surface area contributed by atoms with E-state index in [2.05, 4.69) is 15.1 Å². The molecule has 0 aliphatic heterocycles. The first-order chi connectivity index (χ1) is 9.76. The molecule has 0 amide bonds. The Morgan fingerprint density at radius 2 is 2.25 bits per heavy atom. The molecule has 2 aromatic rings. The molecule has 0 saturated heterocycles. The third-order valence-electron chi connectivity index (χ3n) is 2.78. The fourth-order valence-corrected chi connectivity index (χ4v) is 1.85. The lowest BCUT2D eigenvalue weighted by atomic mass is 10.0. The standard InChI is InChI=1S/C14H17N3O3/c1-3-7-10(14(18)19-4-2)13-16-12(17-20-13)11-8-5-6-9-15-11/h5-6,8-10H,3-4,7H2,1-2H3. The second-order valence-electron chi connectivity index (χ2n) is 4.26. The molecule has 20 heavy (non-hydrogen) atoms. The van der Waals surface area contributed by atoms with Crippen molar-refractivity contribution in [3.8, 4) is 11.5 Å². The first kappa shape index (κ1) is 14.2. The Labute approximate surface area is 117 Å². The number of esters is 1. The van der Waals surface area contributed by atoms with Crippen LogP contribution in [-0.4, -0.2) is 27.7 Å². The third-order valence-corrected chi connectivity index (χ3v) is 2.78. The number of ether oxygens (including phenoxy) is 1. The molecular weight excluding hydrogens is 258 g/mol. The maximum absolute atomic E-state index is 11.9. The van der Waals surface area contributed by atoms with Crippen molar-refractivity contribution < 1.29 is 14.1 Å². The van der Waals surface area contributed by atoms with Gasteiger partial charge in [-0.1, -0.05) is 24.6 Å². The van der Waals surface area contributed by atoms with Crippen LogP contribution in [0.1, 0.15) is 38.5 Å². The summed E-state index contributed by atoms with van der Waals surface area (Å²) in [6.45, 7) is 4.09. The van der Waals surface area contributed by atoms with E-state index in [9.17, 15) is 4.79 Å². The maximum atomic E-state index is 11.9. The molecule has 0 fully saturated rings. The molecule has 106 valence electrons. The SMILES string of the molecule is CCCC(C(=O)OCC)c1nc(-c2ccccn2)no1. The van der Waals surface area contributed by atoms with Crippen molar-refractivity contribution in [1.29, 1.82) is 0 Å². The van der Waals surface area contributed by atoms with Gasteiger partial charge in [-0.05, 0) is 25.5 Å². The molecule has 6 heteroatoms. The van der Waals surface area contributed by atoms with Crippen molar-refractivity contribution in [2.45, 2.75) is 32.6 Å². The topological polar surface area (TPSA) is 78.1 Å². The lowest BCUT2D eigenvalue weighted by Crippen LogP contribution is -2.16.